The number of furan rings is 1. The van der Waals surface area contributed by atoms with Gasteiger partial charge in [0.15, 0.2) is 5.11 Å². The summed E-state index contributed by atoms with van der Waals surface area (Å²) in [6.07, 6.45) is 4.12. The number of pyridine rings is 1. The van der Waals surface area contributed by atoms with Crippen molar-refractivity contribution in [3.8, 4) is 11.3 Å². The highest BCUT2D eigenvalue weighted by Crippen LogP contribution is 2.41. The smallest absolute Gasteiger partial charge is 0.170 e. The third-order valence-electron chi connectivity index (χ3n) is 6.01. The van der Waals surface area contributed by atoms with Gasteiger partial charge in [-0.3, -0.25) is 4.98 Å². The molecule has 2 aromatic heterocycles. The van der Waals surface area contributed by atoms with E-state index < -0.39 is 0 Å². The molecule has 3 aromatic rings. The van der Waals surface area contributed by atoms with Crippen LogP contribution in [0.5, 0.6) is 0 Å². The van der Waals surface area contributed by atoms with Gasteiger partial charge in [0.05, 0.1) is 17.8 Å². The highest BCUT2D eigenvalue weighted by atomic mass is 35.5. The van der Waals surface area contributed by atoms with Gasteiger partial charge < -0.3 is 19.4 Å². The fourth-order valence-electron chi connectivity index (χ4n) is 4.44. The van der Waals surface area contributed by atoms with Gasteiger partial charge in [-0.15, -0.1) is 0 Å². The van der Waals surface area contributed by atoms with Crippen molar-refractivity contribution < 1.29 is 9.15 Å². The Morgan fingerprint density at radius 1 is 1.23 bits per heavy atom. The number of thiocarbonyl (C=S) groups is 1. The summed E-state index contributed by atoms with van der Waals surface area (Å²) in [5, 5.41) is 4.86. The Labute approximate surface area is 192 Å². The molecule has 2 fully saturated rings. The van der Waals surface area contributed by atoms with Crippen molar-refractivity contribution in [1.29, 1.82) is 0 Å². The van der Waals surface area contributed by atoms with E-state index in [9.17, 15) is 0 Å². The summed E-state index contributed by atoms with van der Waals surface area (Å²) in [5.41, 5.74) is 3.04. The summed E-state index contributed by atoms with van der Waals surface area (Å²) in [4.78, 5) is 6.78. The summed E-state index contributed by atoms with van der Waals surface area (Å²) in [6, 6.07) is 15.6. The molecule has 4 heterocycles. The van der Waals surface area contributed by atoms with Crippen LogP contribution in [0, 0.1) is 6.92 Å². The minimum absolute atomic E-state index is 0.102. The molecule has 3 unspecified atom stereocenters. The van der Waals surface area contributed by atoms with Crippen molar-refractivity contribution >= 4 is 28.9 Å². The van der Waals surface area contributed by atoms with Gasteiger partial charge in [-0.05, 0) is 73.9 Å². The first-order valence-corrected chi connectivity index (χ1v) is 11.3. The molecular weight excluding hydrogens is 430 g/mol. The highest BCUT2D eigenvalue weighted by molar-refractivity contribution is 7.80. The van der Waals surface area contributed by atoms with Gasteiger partial charge in [0.25, 0.3) is 0 Å². The number of benzene rings is 1. The molecule has 31 heavy (non-hydrogen) atoms. The first-order chi connectivity index (χ1) is 15.1. The van der Waals surface area contributed by atoms with Crippen LogP contribution >= 0.6 is 23.8 Å². The van der Waals surface area contributed by atoms with Crippen LogP contribution < -0.4 is 5.32 Å². The molecule has 3 atom stereocenters. The second-order valence-electron chi connectivity index (χ2n) is 8.08. The predicted octanol–water partition coefficient (Wildman–Crippen LogP) is 5.45. The largest absolute Gasteiger partial charge is 0.459 e. The number of aryl methyl sites for hydroxylation is 1. The van der Waals surface area contributed by atoms with Crippen LogP contribution in [0.3, 0.4) is 0 Å². The SMILES string of the molecule is Cc1ccc(Cl)cc1-c1ccc(C2C(c3ccccn3)NC(=S)N2CC2CCCO2)o1. The fourth-order valence-corrected chi connectivity index (χ4v) is 4.92. The summed E-state index contributed by atoms with van der Waals surface area (Å²) in [5.74, 6) is 1.64. The molecule has 0 radical (unpaired) electrons. The van der Waals surface area contributed by atoms with Gasteiger partial charge in [-0.25, -0.2) is 0 Å². The normalized spacial score (nSPS) is 23.4. The summed E-state index contributed by atoms with van der Waals surface area (Å²) in [7, 11) is 0. The van der Waals surface area contributed by atoms with E-state index in [0.29, 0.717) is 10.1 Å². The van der Waals surface area contributed by atoms with Crippen LogP contribution in [0.2, 0.25) is 5.02 Å². The molecule has 1 N–H and O–H groups in total. The van der Waals surface area contributed by atoms with Gasteiger partial charge in [0, 0.05) is 29.9 Å². The lowest BCUT2D eigenvalue weighted by molar-refractivity contribution is 0.0818. The quantitative estimate of drug-likeness (QED) is 0.518. The van der Waals surface area contributed by atoms with Crippen molar-refractivity contribution in [1.82, 2.24) is 15.2 Å². The van der Waals surface area contributed by atoms with Crippen LogP contribution in [0.25, 0.3) is 11.3 Å². The number of rotatable bonds is 5. The van der Waals surface area contributed by atoms with Crippen molar-refractivity contribution in [2.45, 2.75) is 38.0 Å². The Balaban J connectivity index is 1.52. The third-order valence-corrected chi connectivity index (χ3v) is 6.59. The number of nitrogens with zero attached hydrogens (tertiary/aromatic N) is 2. The van der Waals surface area contributed by atoms with E-state index in [1.165, 1.54) is 0 Å². The lowest BCUT2D eigenvalue weighted by Gasteiger charge is -2.28. The molecule has 0 amide bonds. The van der Waals surface area contributed by atoms with Gasteiger partial charge in [-0.1, -0.05) is 23.7 Å². The first-order valence-electron chi connectivity index (χ1n) is 10.6. The van der Waals surface area contributed by atoms with Gasteiger partial charge in [0.2, 0.25) is 0 Å². The van der Waals surface area contributed by atoms with Crippen molar-refractivity contribution in [2.75, 3.05) is 13.2 Å². The number of aromatic nitrogens is 1. The molecule has 0 saturated carbocycles. The topological polar surface area (TPSA) is 50.5 Å². The number of ether oxygens (including phenoxy) is 1. The fraction of sp³-hybridized carbons (Fsp3) is 0.333. The zero-order valence-electron chi connectivity index (χ0n) is 17.3. The van der Waals surface area contributed by atoms with E-state index in [-0.39, 0.29) is 18.2 Å². The van der Waals surface area contributed by atoms with Crippen molar-refractivity contribution in [2.24, 2.45) is 0 Å². The van der Waals surface area contributed by atoms with Gasteiger partial charge in [-0.2, -0.15) is 0 Å². The molecule has 160 valence electrons. The molecule has 2 aliphatic heterocycles. The number of nitrogens with one attached hydrogen (secondary N) is 1. The summed E-state index contributed by atoms with van der Waals surface area (Å²) < 4.78 is 12.3. The van der Waals surface area contributed by atoms with E-state index in [0.717, 1.165) is 54.3 Å². The lowest BCUT2D eigenvalue weighted by atomic mass is 10.0. The first kappa shape index (κ1) is 20.5. The van der Waals surface area contributed by atoms with E-state index >= 15 is 0 Å². The minimum atomic E-state index is -0.111. The van der Waals surface area contributed by atoms with E-state index in [1.54, 1.807) is 0 Å². The standard InChI is InChI=1S/C24H24ClN3O2S/c1-15-7-8-16(25)13-18(15)20-9-10-21(30-20)23-22(19-6-2-3-11-26-19)27-24(31)28(23)14-17-5-4-12-29-17/h2-3,6-11,13,17,22-23H,4-5,12,14H2,1H3,(H,27,31). The average molecular weight is 454 g/mol. The average Bonchev–Trinajstić information content (AvgIpc) is 3.52. The van der Waals surface area contributed by atoms with Crippen molar-refractivity contribution in [3.05, 3.63) is 76.8 Å². The Bertz CT molecular complexity index is 1080. The Hall–Kier alpha value is -2.41. The van der Waals surface area contributed by atoms with Crippen LogP contribution in [0.1, 0.15) is 41.9 Å². The molecule has 5 rings (SSSR count). The highest BCUT2D eigenvalue weighted by Gasteiger charge is 2.42. The van der Waals surface area contributed by atoms with Gasteiger partial charge >= 0.3 is 0 Å². The summed E-state index contributed by atoms with van der Waals surface area (Å²) >= 11 is 12.0. The summed E-state index contributed by atoms with van der Waals surface area (Å²) in [6.45, 7) is 3.60. The van der Waals surface area contributed by atoms with Crippen LogP contribution in [-0.4, -0.2) is 34.3 Å². The Morgan fingerprint density at radius 2 is 2.13 bits per heavy atom. The predicted molar refractivity (Wildman–Crippen MR) is 125 cm³/mol. The van der Waals surface area contributed by atoms with Crippen LogP contribution in [-0.2, 0) is 4.74 Å². The number of hydrogen-bond acceptors (Lipinski definition) is 4. The van der Waals surface area contributed by atoms with E-state index in [1.807, 2.05) is 54.7 Å². The molecule has 0 aliphatic carbocycles. The monoisotopic (exact) mass is 453 g/mol. The Morgan fingerprint density at radius 3 is 2.90 bits per heavy atom. The maximum absolute atomic E-state index is 6.42. The number of halogens is 1. The maximum atomic E-state index is 6.42. The molecular formula is C24H24ClN3O2S. The molecule has 2 saturated heterocycles. The zero-order chi connectivity index (χ0) is 21.4. The van der Waals surface area contributed by atoms with Crippen LogP contribution in [0.15, 0.2) is 59.1 Å². The molecule has 0 spiro atoms. The molecule has 7 heteroatoms. The zero-order valence-corrected chi connectivity index (χ0v) is 18.8. The van der Waals surface area contributed by atoms with E-state index in [2.05, 4.69) is 22.1 Å². The van der Waals surface area contributed by atoms with Crippen LogP contribution in [0.4, 0.5) is 0 Å². The minimum Gasteiger partial charge on any atom is -0.459 e. The second kappa shape index (κ2) is 8.61. The third kappa shape index (κ3) is 4.07. The Kier molecular flexibility index (Phi) is 5.69. The maximum Gasteiger partial charge on any atom is 0.170 e. The van der Waals surface area contributed by atoms with Crippen molar-refractivity contribution in [3.63, 3.8) is 0 Å². The van der Waals surface area contributed by atoms with Gasteiger partial charge in [0.1, 0.15) is 17.6 Å². The lowest BCUT2D eigenvalue weighted by Crippen LogP contribution is -2.36. The molecule has 2 aliphatic rings. The second-order valence-corrected chi connectivity index (χ2v) is 8.90. The number of hydrogen-bond donors (Lipinski definition) is 1. The molecule has 0 bridgehead atoms. The van der Waals surface area contributed by atoms with E-state index in [4.69, 9.17) is 33.0 Å². The molecule has 1 aromatic carbocycles. The molecule has 5 nitrogen and oxygen atoms in total.